The number of nitrogens with zero attached hydrogens (tertiary/aromatic N) is 1. The van der Waals surface area contributed by atoms with Crippen molar-refractivity contribution in [1.29, 1.82) is 0 Å². The molecular formula is C12H10ClNOS. The average molecular weight is 252 g/mol. The smallest absolute Gasteiger partial charge is 0.169 e. The maximum absolute atomic E-state index is 10.8. The molecule has 0 aliphatic heterocycles. The van der Waals surface area contributed by atoms with Crippen LogP contribution in [-0.2, 0) is 6.42 Å². The Morgan fingerprint density at radius 2 is 2.19 bits per heavy atom. The Bertz CT molecular complexity index is 521. The van der Waals surface area contributed by atoms with Crippen molar-refractivity contribution in [1.82, 2.24) is 4.98 Å². The zero-order valence-electron chi connectivity index (χ0n) is 8.74. The Kier molecular flexibility index (Phi) is 3.36. The minimum Gasteiger partial charge on any atom is -0.296 e. The Hall–Kier alpha value is -1.19. The summed E-state index contributed by atoms with van der Waals surface area (Å²) in [5.74, 6) is 0. The summed E-state index contributed by atoms with van der Waals surface area (Å²) >= 11 is 7.61. The second-order valence-electron chi connectivity index (χ2n) is 3.28. The molecule has 0 unspecified atom stereocenters. The van der Waals surface area contributed by atoms with Crippen molar-refractivity contribution in [2.45, 2.75) is 13.3 Å². The van der Waals surface area contributed by atoms with Crippen molar-refractivity contribution in [2.24, 2.45) is 0 Å². The van der Waals surface area contributed by atoms with Crippen LogP contribution in [0.2, 0.25) is 5.02 Å². The summed E-state index contributed by atoms with van der Waals surface area (Å²) in [5.41, 5.74) is 1.42. The highest BCUT2D eigenvalue weighted by Gasteiger charge is 2.12. The van der Waals surface area contributed by atoms with Crippen LogP contribution in [0.15, 0.2) is 24.3 Å². The summed E-state index contributed by atoms with van der Waals surface area (Å²) in [5, 5.41) is 1.47. The van der Waals surface area contributed by atoms with Crippen molar-refractivity contribution in [2.75, 3.05) is 0 Å². The van der Waals surface area contributed by atoms with Gasteiger partial charge in [0.05, 0.1) is 5.02 Å². The van der Waals surface area contributed by atoms with Crippen LogP contribution in [0.5, 0.6) is 0 Å². The van der Waals surface area contributed by atoms with Gasteiger partial charge in [0.1, 0.15) is 10.7 Å². The van der Waals surface area contributed by atoms with Crippen molar-refractivity contribution >= 4 is 29.2 Å². The van der Waals surface area contributed by atoms with Crippen molar-refractivity contribution < 1.29 is 4.79 Å². The van der Waals surface area contributed by atoms with Crippen molar-refractivity contribution in [3.8, 4) is 10.6 Å². The van der Waals surface area contributed by atoms with Gasteiger partial charge in [0.25, 0.3) is 0 Å². The third-order valence-corrected chi connectivity index (χ3v) is 3.84. The van der Waals surface area contributed by atoms with E-state index in [9.17, 15) is 4.79 Å². The predicted molar refractivity (Wildman–Crippen MR) is 67.3 cm³/mol. The lowest BCUT2D eigenvalue weighted by Crippen LogP contribution is -1.85. The molecule has 0 N–H and O–H groups in total. The predicted octanol–water partition coefficient (Wildman–Crippen LogP) is 3.84. The maximum Gasteiger partial charge on any atom is 0.169 e. The molecule has 16 heavy (non-hydrogen) atoms. The highest BCUT2D eigenvalue weighted by Crippen LogP contribution is 2.32. The summed E-state index contributed by atoms with van der Waals surface area (Å²) in [4.78, 5) is 16.1. The van der Waals surface area contributed by atoms with Crippen LogP contribution >= 0.6 is 22.9 Å². The number of aldehydes is 1. The molecule has 1 heterocycles. The molecule has 1 aromatic carbocycles. The first-order chi connectivity index (χ1) is 7.76. The van der Waals surface area contributed by atoms with Gasteiger partial charge in [-0.2, -0.15) is 0 Å². The molecule has 0 aliphatic carbocycles. The van der Waals surface area contributed by atoms with E-state index in [0.717, 1.165) is 28.2 Å². The van der Waals surface area contributed by atoms with Gasteiger partial charge in [-0.1, -0.05) is 36.7 Å². The first-order valence-electron chi connectivity index (χ1n) is 4.96. The molecular weight excluding hydrogens is 242 g/mol. The monoisotopic (exact) mass is 251 g/mol. The zero-order chi connectivity index (χ0) is 11.5. The molecule has 82 valence electrons. The van der Waals surface area contributed by atoms with Gasteiger partial charge in [0.15, 0.2) is 6.29 Å². The largest absolute Gasteiger partial charge is 0.296 e. The summed E-state index contributed by atoms with van der Waals surface area (Å²) in [7, 11) is 0. The van der Waals surface area contributed by atoms with E-state index < -0.39 is 0 Å². The second-order valence-corrected chi connectivity index (χ2v) is 4.77. The fourth-order valence-electron chi connectivity index (χ4n) is 1.46. The van der Waals surface area contributed by atoms with E-state index in [4.69, 9.17) is 11.6 Å². The van der Waals surface area contributed by atoms with Crippen LogP contribution in [0, 0.1) is 0 Å². The fraction of sp³-hybridized carbons (Fsp3) is 0.167. The summed E-state index contributed by atoms with van der Waals surface area (Å²) in [6.07, 6.45) is 1.62. The highest BCUT2D eigenvalue weighted by molar-refractivity contribution is 7.15. The molecule has 4 heteroatoms. The van der Waals surface area contributed by atoms with Crippen molar-refractivity contribution in [3.63, 3.8) is 0 Å². The van der Waals surface area contributed by atoms with E-state index >= 15 is 0 Å². The number of aryl methyl sites for hydroxylation is 1. The minimum absolute atomic E-state index is 0.530. The molecule has 0 fully saturated rings. The summed E-state index contributed by atoms with van der Waals surface area (Å²) in [6.45, 7) is 2.01. The van der Waals surface area contributed by atoms with E-state index in [1.165, 1.54) is 11.3 Å². The van der Waals surface area contributed by atoms with Gasteiger partial charge in [0, 0.05) is 10.4 Å². The molecule has 2 rings (SSSR count). The van der Waals surface area contributed by atoms with E-state index in [1.54, 1.807) is 0 Å². The van der Waals surface area contributed by atoms with Gasteiger partial charge < -0.3 is 0 Å². The number of hydrogen-bond donors (Lipinski definition) is 0. The molecule has 0 atom stereocenters. The van der Waals surface area contributed by atoms with E-state index in [-0.39, 0.29) is 0 Å². The maximum atomic E-state index is 10.8. The first-order valence-corrected chi connectivity index (χ1v) is 6.15. The fourth-order valence-corrected chi connectivity index (χ4v) is 2.75. The number of aromatic nitrogens is 1. The summed E-state index contributed by atoms with van der Waals surface area (Å²) in [6, 6.07) is 7.52. The SMILES string of the molecule is CCc1sc(-c2ccccc2Cl)nc1C=O. The molecule has 0 saturated carbocycles. The molecule has 0 saturated heterocycles. The number of benzene rings is 1. The van der Waals surface area contributed by atoms with Gasteiger partial charge >= 0.3 is 0 Å². The number of rotatable bonds is 3. The molecule has 0 spiro atoms. The molecule has 0 amide bonds. The number of halogens is 1. The molecule has 2 aromatic rings. The molecule has 0 bridgehead atoms. The highest BCUT2D eigenvalue weighted by atomic mass is 35.5. The minimum atomic E-state index is 0.530. The van der Waals surface area contributed by atoms with Crippen LogP contribution in [0.25, 0.3) is 10.6 Å². The lowest BCUT2D eigenvalue weighted by atomic mass is 10.2. The van der Waals surface area contributed by atoms with Crippen LogP contribution in [-0.4, -0.2) is 11.3 Å². The number of hydrogen-bond acceptors (Lipinski definition) is 3. The van der Waals surface area contributed by atoms with Gasteiger partial charge in [-0.3, -0.25) is 4.79 Å². The average Bonchev–Trinajstić information content (AvgIpc) is 2.72. The standard InChI is InChI=1S/C12H10ClNOS/c1-2-11-10(7-15)14-12(16-11)8-5-3-4-6-9(8)13/h3-7H,2H2,1H3. The van der Waals surface area contributed by atoms with Crippen LogP contribution in [0.4, 0.5) is 0 Å². The van der Waals surface area contributed by atoms with Crippen molar-refractivity contribution in [3.05, 3.63) is 39.9 Å². The number of thiazole rings is 1. The Labute approximate surface area is 103 Å². The molecule has 0 aliphatic rings. The lowest BCUT2D eigenvalue weighted by Gasteiger charge is -1.97. The lowest BCUT2D eigenvalue weighted by molar-refractivity contribution is 0.111. The van der Waals surface area contributed by atoms with E-state index in [1.807, 2.05) is 31.2 Å². The van der Waals surface area contributed by atoms with Gasteiger partial charge in [-0.25, -0.2) is 4.98 Å². The van der Waals surface area contributed by atoms with Gasteiger partial charge in [-0.05, 0) is 12.5 Å². The third-order valence-electron chi connectivity index (χ3n) is 2.26. The second kappa shape index (κ2) is 4.76. The summed E-state index contributed by atoms with van der Waals surface area (Å²) < 4.78 is 0. The number of carbonyl (C=O) groups is 1. The van der Waals surface area contributed by atoms with E-state index in [2.05, 4.69) is 4.98 Å². The topological polar surface area (TPSA) is 30.0 Å². The van der Waals surface area contributed by atoms with Crippen LogP contribution in [0.1, 0.15) is 22.3 Å². The third kappa shape index (κ3) is 2.01. The van der Waals surface area contributed by atoms with E-state index in [0.29, 0.717) is 10.7 Å². The normalized spacial score (nSPS) is 10.4. The molecule has 0 radical (unpaired) electrons. The Morgan fingerprint density at radius 3 is 2.75 bits per heavy atom. The van der Waals surface area contributed by atoms with Gasteiger partial charge in [-0.15, -0.1) is 11.3 Å². The molecule has 1 aromatic heterocycles. The molecule has 2 nitrogen and oxygen atoms in total. The van der Waals surface area contributed by atoms with Crippen LogP contribution < -0.4 is 0 Å². The Balaban J connectivity index is 2.53. The first kappa shape index (κ1) is 11.3. The van der Waals surface area contributed by atoms with Gasteiger partial charge in [0.2, 0.25) is 0 Å². The number of carbonyl (C=O) groups excluding carboxylic acids is 1. The van der Waals surface area contributed by atoms with Crippen LogP contribution in [0.3, 0.4) is 0 Å². The Morgan fingerprint density at radius 1 is 1.44 bits per heavy atom. The quantitative estimate of drug-likeness (QED) is 0.776. The zero-order valence-corrected chi connectivity index (χ0v) is 10.3.